The van der Waals surface area contributed by atoms with Gasteiger partial charge in [-0.15, -0.1) is 0 Å². The number of nitrogens with zero attached hydrogens (tertiary/aromatic N) is 1. The molecule has 1 N–H and O–H groups in total. The molecule has 5 nitrogen and oxygen atoms in total. The van der Waals surface area contributed by atoms with Crippen LogP contribution in [0.1, 0.15) is 23.6 Å². The average molecular weight is 509 g/mol. The molecule has 0 spiro atoms. The van der Waals surface area contributed by atoms with Gasteiger partial charge in [0.05, 0.1) is 11.1 Å². The van der Waals surface area contributed by atoms with E-state index in [1.54, 1.807) is 36.4 Å². The van der Waals surface area contributed by atoms with Crippen LogP contribution in [0.4, 0.5) is 10.1 Å². The second-order valence-electron chi connectivity index (χ2n) is 7.17. The summed E-state index contributed by atoms with van der Waals surface area (Å²) in [7, 11) is 0. The van der Waals surface area contributed by atoms with Crippen molar-refractivity contribution in [3.8, 4) is 17.6 Å². The van der Waals surface area contributed by atoms with E-state index in [4.69, 9.17) is 9.47 Å². The summed E-state index contributed by atoms with van der Waals surface area (Å²) in [5, 5.41) is 12.3. The number of benzene rings is 3. The fourth-order valence-corrected chi connectivity index (χ4v) is 3.54. The van der Waals surface area contributed by atoms with Gasteiger partial charge in [-0.2, -0.15) is 5.26 Å². The molecule has 0 aliphatic heterocycles. The lowest BCUT2D eigenvalue weighted by molar-refractivity contribution is -0.112. The maximum Gasteiger partial charge on any atom is 0.266 e. The van der Waals surface area contributed by atoms with Crippen molar-refractivity contribution >= 4 is 33.6 Å². The van der Waals surface area contributed by atoms with Crippen molar-refractivity contribution < 1.29 is 18.7 Å². The zero-order chi connectivity index (χ0) is 23.8. The van der Waals surface area contributed by atoms with Crippen LogP contribution in [0.2, 0.25) is 0 Å². The minimum atomic E-state index is -0.507. The zero-order valence-corrected chi connectivity index (χ0v) is 19.8. The van der Waals surface area contributed by atoms with Crippen LogP contribution in [-0.2, 0) is 11.4 Å². The van der Waals surface area contributed by atoms with Gasteiger partial charge in [0.25, 0.3) is 5.91 Å². The Labute approximate surface area is 200 Å². The molecule has 0 fully saturated rings. The second kappa shape index (κ2) is 11.3. The Balaban J connectivity index is 1.83. The Hall–Kier alpha value is -3.63. The van der Waals surface area contributed by atoms with Gasteiger partial charge in [0.1, 0.15) is 24.1 Å². The van der Waals surface area contributed by atoms with Crippen molar-refractivity contribution in [3.63, 3.8) is 0 Å². The topological polar surface area (TPSA) is 71.3 Å². The molecule has 0 aromatic heterocycles. The Kier molecular flexibility index (Phi) is 8.22. The van der Waals surface area contributed by atoms with Gasteiger partial charge < -0.3 is 14.8 Å². The van der Waals surface area contributed by atoms with E-state index in [-0.39, 0.29) is 18.0 Å². The highest BCUT2D eigenvalue weighted by molar-refractivity contribution is 9.10. The largest absolute Gasteiger partial charge is 0.490 e. The minimum Gasteiger partial charge on any atom is -0.490 e. The van der Waals surface area contributed by atoms with E-state index < -0.39 is 5.91 Å². The maximum atomic E-state index is 13.1. The van der Waals surface area contributed by atoms with Crippen molar-refractivity contribution in [2.45, 2.75) is 20.5 Å². The van der Waals surface area contributed by atoms with Gasteiger partial charge in [0, 0.05) is 5.69 Å². The molecule has 3 aromatic carbocycles. The van der Waals surface area contributed by atoms with Gasteiger partial charge in [-0.05, 0) is 83.4 Å². The van der Waals surface area contributed by atoms with Crippen molar-refractivity contribution in [2.24, 2.45) is 0 Å². The number of ether oxygens (including phenoxy) is 2. The van der Waals surface area contributed by atoms with Crippen LogP contribution in [0.3, 0.4) is 0 Å². The number of aryl methyl sites for hydroxylation is 1. The molecule has 0 atom stereocenters. The van der Waals surface area contributed by atoms with Gasteiger partial charge >= 0.3 is 0 Å². The van der Waals surface area contributed by atoms with E-state index in [1.165, 1.54) is 18.2 Å². The number of nitriles is 1. The van der Waals surface area contributed by atoms with Crippen molar-refractivity contribution in [1.29, 1.82) is 5.26 Å². The van der Waals surface area contributed by atoms with E-state index in [1.807, 2.05) is 32.0 Å². The van der Waals surface area contributed by atoms with Crippen LogP contribution in [0.15, 0.2) is 70.7 Å². The van der Waals surface area contributed by atoms with Gasteiger partial charge in [0.2, 0.25) is 0 Å². The first-order valence-electron chi connectivity index (χ1n) is 10.2. The Bertz CT molecular complexity index is 1200. The first kappa shape index (κ1) is 24.0. The molecule has 7 heteroatoms. The lowest BCUT2D eigenvalue weighted by Gasteiger charge is -2.15. The molecule has 0 saturated heterocycles. The van der Waals surface area contributed by atoms with E-state index in [0.29, 0.717) is 33.8 Å². The molecule has 3 aromatic rings. The molecule has 0 aliphatic rings. The van der Waals surface area contributed by atoms with Crippen LogP contribution in [0.5, 0.6) is 11.5 Å². The summed E-state index contributed by atoms with van der Waals surface area (Å²) >= 11 is 3.48. The normalized spacial score (nSPS) is 10.9. The SMILES string of the molecule is CCOc1cc(/C=C(/C#N)C(=O)Nc2ccc(C)cc2)cc(Br)c1OCc1ccc(F)cc1. The van der Waals surface area contributed by atoms with E-state index in [0.717, 1.165) is 11.1 Å². The lowest BCUT2D eigenvalue weighted by atomic mass is 10.1. The zero-order valence-electron chi connectivity index (χ0n) is 18.2. The minimum absolute atomic E-state index is 0.0510. The van der Waals surface area contributed by atoms with Crippen LogP contribution in [0.25, 0.3) is 6.08 Å². The molecular formula is C26H22BrFN2O3. The summed E-state index contributed by atoms with van der Waals surface area (Å²) in [5.41, 5.74) is 3.01. The maximum absolute atomic E-state index is 13.1. The van der Waals surface area contributed by atoms with Gasteiger partial charge in [-0.1, -0.05) is 29.8 Å². The van der Waals surface area contributed by atoms with Crippen LogP contribution >= 0.6 is 15.9 Å². The molecule has 168 valence electrons. The highest BCUT2D eigenvalue weighted by atomic mass is 79.9. The lowest BCUT2D eigenvalue weighted by Crippen LogP contribution is -2.13. The van der Waals surface area contributed by atoms with Gasteiger partial charge in [-0.3, -0.25) is 4.79 Å². The number of anilines is 1. The summed E-state index contributed by atoms with van der Waals surface area (Å²) in [6.07, 6.45) is 1.49. The van der Waals surface area contributed by atoms with Crippen molar-refractivity contribution in [3.05, 3.63) is 93.2 Å². The standard InChI is InChI=1S/C26H22BrFN2O3/c1-3-32-24-14-19(12-20(15-29)26(31)30-22-10-4-17(2)5-11-22)13-23(27)25(24)33-16-18-6-8-21(28)9-7-18/h4-14H,3,16H2,1-2H3,(H,30,31)/b20-12-. The summed E-state index contributed by atoms with van der Waals surface area (Å²) in [5.74, 6) is 0.107. The molecule has 1 amide bonds. The number of carbonyl (C=O) groups is 1. The Morgan fingerprint density at radius 2 is 1.82 bits per heavy atom. The van der Waals surface area contributed by atoms with Crippen molar-refractivity contribution in [2.75, 3.05) is 11.9 Å². The number of carbonyl (C=O) groups excluding carboxylic acids is 1. The second-order valence-corrected chi connectivity index (χ2v) is 8.02. The van der Waals surface area contributed by atoms with Gasteiger partial charge in [-0.25, -0.2) is 4.39 Å². The fraction of sp³-hybridized carbons (Fsp3) is 0.154. The molecule has 0 radical (unpaired) electrons. The van der Waals surface area contributed by atoms with Crippen LogP contribution in [0, 0.1) is 24.1 Å². The predicted octanol–water partition coefficient (Wildman–Crippen LogP) is 6.42. The number of amides is 1. The fourth-order valence-electron chi connectivity index (χ4n) is 2.96. The number of rotatable bonds is 8. The highest BCUT2D eigenvalue weighted by Crippen LogP contribution is 2.38. The van der Waals surface area contributed by atoms with E-state index >= 15 is 0 Å². The number of halogens is 2. The summed E-state index contributed by atoms with van der Waals surface area (Å²) in [6, 6.07) is 18.7. The average Bonchev–Trinajstić information content (AvgIpc) is 2.79. The summed E-state index contributed by atoms with van der Waals surface area (Å²) in [4.78, 5) is 12.6. The van der Waals surface area contributed by atoms with Crippen LogP contribution < -0.4 is 14.8 Å². The van der Waals surface area contributed by atoms with E-state index in [9.17, 15) is 14.4 Å². The molecular weight excluding hydrogens is 487 g/mol. The molecule has 0 heterocycles. The Morgan fingerprint density at radius 3 is 2.45 bits per heavy atom. The Morgan fingerprint density at radius 1 is 1.12 bits per heavy atom. The third-order valence-corrected chi connectivity index (χ3v) is 5.20. The number of hydrogen-bond acceptors (Lipinski definition) is 4. The molecule has 33 heavy (non-hydrogen) atoms. The highest BCUT2D eigenvalue weighted by Gasteiger charge is 2.15. The van der Waals surface area contributed by atoms with Crippen molar-refractivity contribution in [1.82, 2.24) is 0 Å². The van der Waals surface area contributed by atoms with E-state index in [2.05, 4.69) is 21.2 Å². The summed E-state index contributed by atoms with van der Waals surface area (Å²) in [6.45, 7) is 4.41. The third kappa shape index (κ3) is 6.67. The molecule has 3 rings (SSSR count). The first-order valence-corrected chi connectivity index (χ1v) is 11.0. The smallest absolute Gasteiger partial charge is 0.266 e. The number of hydrogen-bond donors (Lipinski definition) is 1. The molecule has 0 unspecified atom stereocenters. The van der Waals surface area contributed by atoms with Gasteiger partial charge in [0.15, 0.2) is 11.5 Å². The number of nitrogens with one attached hydrogen (secondary N) is 1. The third-order valence-electron chi connectivity index (χ3n) is 4.61. The molecule has 0 saturated carbocycles. The quantitative estimate of drug-likeness (QED) is 0.281. The molecule has 0 bridgehead atoms. The summed E-state index contributed by atoms with van der Waals surface area (Å²) < 4.78 is 25.4. The monoisotopic (exact) mass is 508 g/mol. The first-order chi connectivity index (χ1) is 15.9. The van der Waals surface area contributed by atoms with Crippen LogP contribution in [-0.4, -0.2) is 12.5 Å². The predicted molar refractivity (Wildman–Crippen MR) is 129 cm³/mol. The molecule has 0 aliphatic carbocycles.